The SMILES string of the molecule is CCCSc1nc(C[C@H](N)CC(=O)N2CCC[C@@H](c3nc4ccccc4n3CCCOC)C2)ccc1C(N)=O. The highest BCUT2D eigenvalue weighted by Gasteiger charge is 2.29. The molecule has 0 bridgehead atoms. The Labute approximate surface area is 234 Å². The molecule has 0 spiro atoms. The van der Waals surface area contributed by atoms with E-state index in [4.69, 9.17) is 21.2 Å². The van der Waals surface area contributed by atoms with E-state index in [1.54, 1.807) is 19.2 Å². The number of para-hydroxylation sites is 2. The lowest BCUT2D eigenvalue weighted by molar-refractivity contribution is -0.132. The van der Waals surface area contributed by atoms with Gasteiger partial charge in [0.1, 0.15) is 10.9 Å². The van der Waals surface area contributed by atoms with Gasteiger partial charge in [0.25, 0.3) is 5.91 Å². The van der Waals surface area contributed by atoms with Crippen molar-refractivity contribution in [3.8, 4) is 0 Å². The van der Waals surface area contributed by atoms with Crippen LogP contribution in [0.5, 0.6) is 0 Å². The van der Waals surface area contributed by atoms with E-state index < -0.39 is 5.91 Å². The first-order valence-electron chi connectivity index (χ1n) is 13.8. The molecule has 1 aromatic carbocycles. The number of primary amides is 1. The number of piperidine rings is 1. The van der Waals surface area contributed by atoms with Gasteiger partial charge in [0, 0.05) is 63.8 Å². The summed E-state index contributed by atoms with van der Waals surface area (Å²) in [5.74, 6) is 1.64. The summed E-state index contributed by atoms with van der Waals surface area (Å²) in [5, 5.41) is 0.632. The van der Waals surface area contributed by atoms with Crippen LogP contribution in [-0.4, -0.2) is 69.9 Å². The molecular formula is C29H40N6O3S. The first-order valence-corrected chi connectivity index (χ1v) is 14.8. The highest BCUT2D eigenvalue weighted by atomic mass is 32.2. The van der Waals surface area contributed by atoms with E-state index >= 15 is 0 Å². The molecule has 0 radical (unpaired) electrons. The summed E-state index contributed by atoms with van der Waals surface area (Å²) in [6, 6.07) is 11.3. The average molecular weight is 553 g/mol. The van der Waals surface area contributed by atoms with Crippen LogP contribution in [0.15, 0.2) is 41.4 Å². The first kappa shape index (κ1) is 29.0. The molecule has 9 nitrogen and oxygen atoms in total. The molecule has 1 aliphatic rings. The predicted molar refractivity (Wildman–Crippen MR) is 155 cm³/mol. The summed E-state index contributed by atoms with van der Waals surface area (Å²) in [6.45, 7) is 4.97. The minimum atomic E-state index is -0.487. The number of carbonyl (C=O) groups is 2. The van der Waals surface area contributed by atoms with Crippen molar-refractivity contribution in [1.29, 1.82) is 0 Å². The van der Waals surface area contributed by atoms with Gasteiger partial charge in [-0.15, -0.1) is 11.8 Å². The van der Waals surface area contributed by atoms with Gasteiger partial charge in [-0.05, 0) is 55.7 Å². The normalized spacial score (nSPS) is 16.5. The second-order valence-electron chi connectivity index (χ2n) is 10.2. The maximum Gasteiger partial charge on any atom is 0.251 e. The van der Waals surface area contributed by atoms with E-state index in [0.29, 0.717) is 30.2 Å². The van der Waals surface area contributed by atoms with Gasteiger partial charge in [-0.3, -0.25) is 9.59 Å². The van der Waals surface area contributed by atoms with Crippen molar-refractivity contribution >= 4 is 34.6 Å². The smallest absolute Gasteiger partial charge is 0.251 e. The molecule has 2 amide bonds. The molecular weight excluding hydrogens is 512 g/mol. The van der Waals surface area contributed by atoms with Crippen LogP contribution in [0.3, 0.4) is 0 Å². The van der Waals surface area contributed by atoms with Crippen molar-refractivity contribution in [2.24, 2.45) is 11.5 Å². The number of aryl methyl sites for hydroxylation is 1. The zero-order valence-corrected chi connectivity index (χ0v) is 23.8. The molecule has 0 unspecified atom stereocenters. The molecule has 4 N–H and O–H groups in total. The van der Waals surface area contributed by atoms with Gasteiger partial charge in [-0.2, -0.15) is 0 Å². The third-order valence-electron chi connectivity index (χ3n) is 7.09. The second-order valence-corrected chi connectivity index (χ2v) is 11.3. The zero-order valence-electron chi connectivity index (χ0n) is 23.0. The Balaban J connectivity index is 1.42. The molecule has 1 fully saturated rings. The number of nitrogens with two attached hydrogens (primary N) is 2. The van der Waals surface area contributed by atoms with Crippen LogP contribution in [0.4, 0.5) is 0 Å². The summed E-state index contributed by atoms with van der Waals surface area (Å²) in [7, 11) is 1.72. The van der Waals surface area contributed by atoms with Crippen LogP contribution < -0.4 is 11.5 Å². The topological polar surface area (TPSA) is 129 Å². The maximum atomic E-state index is 13.3. The lowest BCUT2D eigenvalue weighted by Gasteiger charge is -2.33. The molecule has 210 valence electrons. The lowest BCUT2D eigenvalue weighted by Crippen LogP contribution is -2.42. The molecule has 1 aliphatic heterocycles. The number of aromatic nitrogens is 3. The zero-order chi connectivity index (χ0) is 27.8. The number of rotatable bonds is 13. The van der Waals surface area contributed by atoms with E-state index in [-0.39, 0.29) is 24.3 Å². The van der Waals surface area contributed by atoms with Gasteiger partial charge >= 0.3 is 0 Å². The number of pyridine rings is 1. The van der Waals surface area contributed by atoms with Crippen LogP contribution in [-0.2, 0) is 22.5 Å². The van der Waals surface area contributed by atoms with Gasteiger partial charge in [0.05, 0.1) is 16.6 Å². The fraction of sp³-hybridized carbons (Fsp3) is 0.517. The number of amides is 2. The number of imidazole rings is 1. The molecule has 4 rings (SSSR count). The molecule has 2 aromatic heterocycles. The van der Waals surface area contributed by atoms with Crippen molar-refractivity contribution in [1.82, 2.24) is 19.4 Å². The Morgan fingerprint density at radius 1 is 1.21 bits per heavy atom. The number of nitrogens with zero attached hydrogens (tertiary/aromatic N) is 4. The van der Waals surface area contributed by atoms with Crippen molar-refractivity contribution in [2.75, 3.05) is 32.6 Å². The summed E-state index contributed by atoms with van der Waals surface area (Å²) < 4.78 is 7.58. The van der Waals surface area contributed by atoms with E-state index in [2.05, 4.69) is 22.5 Å². The van der Waals surface area contributed by atoms with Gasteiger partial charge in [-0.25, -0.2) is 9.97 Å². The van der Waals surface area contributed by atoms with Crippen molar-refractivity contribution in [2.45, 2.75) is 69.0 Å². The van der Waals surface area contributed by atoms with E-state index in [1.165, 1.54) is 11.8 Å². The molecule has 3 aromatic rings. The third kappa shape index (κ3) is 7.38. The summed E-state index contributed by atoms with van der Waals surface area (Å²) in [6.07, 6.45) is 4.49. The highest BCUT2D eigenvalue weighted by molar-refractivity contribution is 7.99. The van der Waals surface area contributed by atoms with E-state index in [9.17, 15) is 9.59 Å². The number of thioether (sulfide) groups is 1. The molecule has 3 heterocycles. The number of benzene rings is 1. The average Bonchev–Trinajstić information content (AvgIpc) is 3.30. The standard InChI is InChI=1S/C29H40N6O3S/c1-3-16-39-29-23(27(31)37)12-11-22(32-29)17-21(30)18-26(36)34-13-6-8-20(19-34)28-33-24-9-4-5-10-25(24)35(28)14-7-15-38-2/h4-5,9-12,20-21H,3,6-8,13-19,30H2,1-2H3,(H2,31,37)/t20-,21+/m1/s1. The third-order valence-corrected chi connectivity index (χ3v) is 8.28. The molecule has 0 aliphatic carbocycles. The second kappa shape index (κ2) is 13.9. The number of ether oxygens (including phenoxy) is 1. The summed E-state index contributed by atoms with van der Waals surface area (Å²) in [5.41, 5.74) is 15.3. The number of hydrogen-bond donors (Lipinski definition) is 2. The number of methoxy groups -OCH3 is 1. The lowest BCUT2D eigenvalue weighted by atomic mass is 9.96. The molecule has 10 heteroatoms. The van der Waals surface area contributed by atoms with Gasteiger partial charge < -0.3 is 25.7 Å². The minimum Gasteiger partial charge on any atom is -0.385 e. The van der Waals surface area contributed by atoms with E-state index in [0.717, 1.165) is 67.1 Å². The number of carbonyl (C=O) groups excluding carboxylic acids is 2. The number of likely N-dealkylation sites (tertiary alicyclic amines) is 1. The fourth-order valence-corrected chi connectivity index (χ4v) is 6.11. The Hall–Kier alpha value is -2.95. The van der Waals surface area contributed by atoms with Crippen molar-refractivity contribution in [3.05, 3.63) is 53.5 Å². The molecule has 2 atom stereocenters. The van der Waals surface area contributed by atoms with Gasteiger partial charge in [0.15, 0.2) is 0 Å². The van der Waals surface area contributed by atoms with E-state index in [1.807, 2.05) is 23.1 Å². The number of fused-ring (bicyclic) bond motifs is 1. The van der Waals surface area contributed by atoms with Crippen LogP contribution >= 0.6 is 11.8 Å². The predicted octanol–water partition coefficient (Wildman–Crippen LogP) is 3.73. The first-order chi connectivity index (χ1) is 18.9. The fourth-order valence-electron chi connectivity index (χ4n) is 5.21. The van der Waals surface area contributed by atoms with Gasteiger partial charge in [-0.1, -0.05) is 19.1 Å². The van der Waals surface area contributed by atoms with Crippen molar-refractivity contribution < 1.29 is 14.3 Å². The van der Waals surface area contributed by atoms with Crippen LogP contribution in [0, 0.1) is 0 Å². The van der Waals surface area contributed by atoms with Gasteiger partial charge in [0.2, 0.25) is 5.91 Å². The van der Waals surface area contributed by atoms with Crippen LogP contribution in [0.25, 0.3) is 11.0 Å². The number of hydrogen-bond acceptors (Lipinski definition) is 7. The molecule has 0 saturated carbocycles. The van der Waals surface area contributed by atoms with Crippen molar-refractivity contribution in [3.63, 3.8) is 0 Å². The monoisotopic (exact) mass is 552 g/mol. The Bertz CT molecular complexity index is 1280. The molecule has 39 heavy (non-hydrogen) atoms. The highest BCUT2D eigenvalue weighted by Crippen LogP contribution is 2.30. The van der Waals surface area contributed by atoms with Crippen LogP contribution in [0.2, 0.25) is 0 Å². The Morgan fingerprint density at radius 2 is 2.03 bits per heavy atom. The Kier molecular flexibility index (Phi) is 10.4. The summed E-state index contributed by atoms with van der Waals surface area (Å²) >= 11 is 1.52. The summed E-state index contributed by atoms with van der Waals surface area (Å²) in [4.78, 5) is 36.7. The maximum absolute atomic E-state index is 13.3. The molecule has 1 saturated heterocycles. The minimum absolute atomic E-state index is 0.0589. The quantitative estimate of drug-likeness (QED) is 0.244. The Morgan fingerprint density at radius 3 is 2.79 bits per heavy atom. The van der Waals surface area contributed by atoms with Crippen LogP contribution in [0.1, 0.15) is 66.8 Å². The largest absolute Gasteiger partial charge is 0.385 e.